The summed E-state index contributed by atoms with van der Waals surface area (Å²) in [5.74, 6) is -2.02. The third-order valence-electron chi connectivity index (χ3n) is 6.07. The van der Waals surface area contributed by atoms with E-state index < -0.39 is 23.1 Å². The minimum atomic E-state index is -0.782. The van der Waals surface area contributed by atoms with Crippen molar-refractivity contribution in [3.8, 4) is 0 Å². The van der Waals surface area contributed by atoms with Crippen LogP contribution in [0.2, 0.25) is 0 Å². The highest BCUT2D eigenvalue weighted by molar-refractivity contribution is 6.04. The molecule has 4 rings (SSSR count). The molecular weight excluding hydrogens is 420 g/mol. The van der Waals surface area contributed by atoms with Crippen molar-refractivity contribution in [2.75, 3.05) is 25.5 Å². The summed E-state index contributed by atoms with van der Waals surface area (Å²) >= 11 is 0. The number of nitrogens with one attached hydrogen (secondary N) is 2. The Morgan fingerprint density at radius 1 is 1.16 bits per heavy atom. The predicted octanol–water partition coefficient (Wildman–Crippen LogP) is 3.49. The molecule has 0 aromatic heterocycles. The summed E-state index contributed by atoms with van der Waals surface area (Å²) in [6, 6.07) is 7.87. The Morgan fingerprint density at radius 2 is 1.91 bits per heavy atom. The summed E-state index contributed by atoms with van der Waals surface area (Å²) in [5.41, 5.74) is 0.912. The highest BCUT2D eigenvalue weighted by Gasteiger charge is 2.41. The summed E-state index contributed by atoms with van der Waals surface area (Å²) in [5, 5.41) is 6.17. The number of anilines is 1. The van der Waals surface area contributed by atoms with Crippen LogP contribution in [-0.4, -0.2) is 48.4 Å². The summed E-state index contributed by atoms with van der Waals surface area (Å²) in [6.45, 7) is 1.01. The molecule has 2 N–H and O–H groups in total. The highest BCUT2D eigenvalue weighted by Crippen LogP contribution is 2.37. The molecule has 0 saturated carbocycles. The fraction of sp³-hybridized carbons (Fsp3) is 0.348. The van der Waals surface area contributed by atoms with Gasteiger partial charge in [0, 0.05) is 42.8 Å². The number of carbonyl (C=O) groups is 3. The van der Waals surface area contributed by atoms with Crippen molar-refractivity contribution < 1.29 is 27.9 Å². The molecule has 0 aliphatic carbocycles. The number of likely N-dealkylation sites (tertiary alicyclic amines) is 1. The van der Waals surface area contributed by atoms with Crippen molar-refractivity contribution in [3.05, 3.63) is 64.7 Å². The lowest BCUT2D eigenvalue weighted by molar-refractivity contribution is 0.0595. The van der Waals surface area contributed by atoms with Gasteiger partial charge in [-0.1, -0.05) is 6.07 Å². The number of hydrogen-bond acceptors (Lipinski definition) is 5. The Bertz CT molecular complexity index is 1080. The molecule has 2 aromatic carbocycles. The maximum Gasteiger partial charge on any atom is 0.340 e. The van der Waals surface area contributed by atoms with E-state index in [9.17, 15) is 23.2 Å². The minimum absolute atomic E-state index is 0.103. The van der Waals surface area contributed by atoms with Gasteiger partial charge in [0.25, 0.3) is 0 Å². The number of rotatable bonds is 3. The molecular formula is C23H23F2N3O4. The Hall–Kier alpha value is -3.49. The van der Waals surface area contributed by atoms with Crippen LogP contribution in [0.3, 0.4) is 0 Å². The number of esters is 1. The average molecular weight is 443 g/mol. The predicted molar refractivity (Wildman–Crippen MR) is 112 cm³/mol. The fourth-order valence-corrected chi connectivity index (χ4v) is 4.27. The Balaban J connectivity index is 1.35. The Kier molecular flexibility index (Phi) is 5.82. The summed E-state index contributed by atoms with van der Waals surface area (Å²) in [6.07, 6.45) is 1.41. The van der Waals surface area contributed by atoms with Crippen molar-refractivity contribution in [1.82, 2.24) is 10.2 Å². The first-order chi connectivity index (χ1) is 15.3. The summed E-state index contributed by atoms with van der Waals surface area (Å²) in [7, 11) is 1.17. The lowest BCUT2D eigenvalue weighted by Crippen LogP contribution is -2.55. The van der Waals surface area contributed by atoms with Gasteiger partial charge in [-0.15, -0.1) is 0 Å². The van der Waals surface area contributed by atoms with Gasteiger partial charge in [-0.25, -0.2) is 18.4 Å². The largest absolute Gasteiger partial charge is 0.465 e. The van der Waals surface area contributed by atoms with E-state index in [1.165, 1.54) is 31.4 Å². The first kappa shape index (κ1) is 21.7. The molecule has 0 bridgehead atoms. The highest BCUT2D eigenvalue weighted by atomic mass is 19.1. The van der Waals surface area contributed by atoms with Crippen LogP contribution in [0.5, 0.6) is 0 Å². The number of nitrogens with zero attached hydrogens (tertiary/aromatic N) is 1. The molecule has 0 radical (unpaired) electrons. The van der Waals surface area contributed by atoms with E-state index in [2.05, 4.69) is 15.4 Å². The smallest absolute Gasteiger partial charge is 0.340 e. The number of benzene rings is 2. The lowest BCUT2D eigenvalue weighted by atomic mass is 9.78. The summed E-state index contributed by atoms with van der Waals surface area (Å²) < 4.78 is 31.8. The number of Topliss-reactive ketones (excluding diaryl/α,β-unsaturated/α-hetero) is 1. The fourth-order valence-electron chi connectivity index (χ4n) is 4.27. The van der Waals surface area contributed by atoms with Crippen molar-refractivity contribution in [3.63, 3.8) is 0 Å². The molecule has 2 aliphatic heterocycles. The topological polar surface area (TPSA) is 87.7 Å². The van der Waals surface area contributed by atoms with Crippen LogP contribution < -0.4 is 10.6 Å². The van der Waals surface area contributed by atoms with Crippen LogP contribution in [0.25, 0.3) is 0 Å². The molecule has 2 amide bonds. The SMILES string of the molecule is COC(=O)c1cc(CNC(=O)N2CCC3(CC2)CC(=O)c2cc(F)ccc2N3)ccc1F. The van der Waals surface area contributed by atoms with E-state index in [1.807, 2.05) is 0 Å². The number of carbonyl (C=O) groups excluding carboxylic acids is 3. The standard InChI is InChI=1S/C23H23F2N3O4/c1-32-21(30)16-10-14(2-4-18(16)25)13-26-22(31)28-8-6-23(7-9-28)12-20(29)17-11-15(24)3-5-19(17)27-23/h2-5,10-11,27H,6-9,12-13H2,1H3,(H,26,31). The quantitative estimate of drug-likeness (QED) is 0.709. The zero-order chi connectivity index (χ0) is 22.9. The first-order valence-electron chi connectivity index (χ1n) is 10.3. The maximum atomic E-state index is 13.8. The van der Waals surface area contributed by atoms with Crippen molar-refractivity contribution in [2.45, 2.75) is 31.3 Å². The zero-order valence-electron chi connectivity index (χ0n) is 17.5. The van der Waals surface area contributed by atoms with Crippen LogP contribution in [0, 0.1) is 11.6 Å². The van der Waals surface area contributed by atoms with Gasteiger partial charge in [0.2, 0.25) is 0 Å². The van der Waals surface area contributed by atoms with Gasteiger partial charge in [0.05, 0.1) is 12.7 Å². The number of halogens is 2. The van der Waals surface area contributed by atoms with Gasteiger partial charge >= 0.3 is 12.0 Å². The molecule has 1 spiro atoms. The zero-order valence-corrected chi connectivity index (χ0v) is 17.5. The minimum Gasteiger partial charge on any atom is -0.465 e. The first-order valence-corrected chi connectivity index (χ1v) is 10.3. The number of urea groups is 1. The molecule has 2 aliphatic rings. The molecule has 0 atom stereocenters. The van der Waals surface area contributed by atoms with Crippen LogP contribution in [0.4, 0.5) is 19.3 Å². The van der Waals surface area contributed by atoms with E-state index in [0.717, 1.165) is 6.07 Å². The molecule has 9 heteroatoms. The van der Waals surface area contributed by atoms with Crippen molar-refractivity contribution >= 4 is 23.5 Å². The van der Waals surface area contributed by atoms with Gasteiger partial charge in [-0.05, 0) is 48.7 Å². The van der Waals surface area contributed by atoms with Gasteiger partial charge in [0.15, 0.2) is 5.78 Å². The molecule has 1 saturated heterocycles. The van der Waals surface area contributed by atoms with E-state index in [4.69, 9.17) is 0 Å². The molecule has 2 heterocycles. The van der Waals surface area contributed by atoms with Crippen LogP contribution in [0.1, 0.15) is 45.5 Å². The van der Waals surface area contributed by atoms with Crippen molar-refractivity contribution in [2.24, 2.45) is 0 Å². The van der Waals surface area contributed by atoms with Crippen molar-refractivity contribution in [1.29, 1.82) is 0 Å². The normalized spacial score (nSPS) is 16.8. The van der Waals surface area contributed by atoms with E-state index in [-0.39, 0.29) is 30.3 Å². The molecule has 168 valence electrons. The Labute approximate surface area is 183 Å². The number of piperidine rings is 1. The van der Waals surface area contributed by atoms with E-state index in [0.29, 0.717) is 42.7 Å². The van der Waals surface area contributed by atoms with E-state index >= 15 is 0 Å². The monoisotopic (exact) mass is 443 g/mol. The van der Waals surface area contributed by atoms with Gasteiger partial charge in [-0.3, -0.25) is 4.79 Å². The number of amides is 2. The second kappa shape index (κ2) is 8.57. The summed E-state index contributed by atoms with van der Waals surface area (Å²) in [4.78, 5) is 38.4. The lowest BCUT2D eigenvalue weighted by Gasteiger charge is -2.45. The molecule has 32 heavy (non-hydrogen) atoms. The van der Waals surface area contributed by atoms with Crippen LogP contribution in [0.15, 0.2) is 36.4 Å². The number of methoxy groups -OCH3 is 1. The average Bonchev–Trinajstić information content (AvgIpc) is 2.79. The van der Waals surface area contributed by atoms with Gasteiger partial charge in [0.1, 0.15) is 11.6 Å². The molecule has 0 unspecified atom stereocenters. The Morgan fingerprint density at radius 3 is 2.62 bits per heavy atom. The number of ketones is 1. The number of ether oxygens (including phenoxy) is 1. The van der Waals surface area contributed by atoms with Gasteiger partial charge in [-0.2, -0.15) is 0 Å². The molecule has 2 aromatic rings. The van der Waals surface area contributed by atoms with Crippen LogP contribution in [-0.2, 0) is 11.3 Å². The maximum absolute atomic E-state index is 13.8. The second-order valence-electron chi connectivity index (χ2n) is 8.15. The third kappa shape index (κ3) is 4.28. The third-order valence-corrected chi connectivity index (χ3v) is 6.07. The second-order valence-corrected chi connectivity index (χ2v) is 8.15. The van der Waals surface area contributed by atoms with Gasteiger partial charge < -0.3 is 20.3 Å². The number of hydrogen-bond donors (Lipinski definition) is 2. The molecule has 1 fully saturated rings. The number of fused-ring (bicyclic) bond motifs is 1. The molecule has 7 nitrogen and oxygen atoms in total. The van der Waals surface area contributed by atoms with Crippen LogP contribution >= 0.6 is 0 Å². The van der Waals surface area contributed by atoms with E-state index in [1.54, 1.807) is 11.0 Å².